The number of likely N-dealkylation sites (tertiary alicyclic amines) is 1. The number of hydrogen-bond donors (Lipinski definition) is 1. The van der Waals surface area contributed by atoms with Crippen LogP contribution in [0.5, 0.6) is 0 Å². The zero-order valence-corrected chi connectivity index (χ0v) is 15.0. The number of carbonyl (C=O) groups is 1. The Kier molecular flexibility index (Phi) is 5.68. The highest BCUT2D eigenvalue weighted by Gasteiger charge is 2.27. The fraction of sp³-hybridized carbons (Fsp3) is 0.765. The van der Waals surface area contributed by atoms with Crippen molar-refractivity contribution in [2.24, 2.45) is 13.0 Å². The smallest absolute Gasteiger partial charge is 0.410 e. The molecule has 1 fully saturated rings. The number of hydrogen-bond acceptors (Lipinski definition) is 4. The second kappa shape index (κ2) is 7.34. The molecular weight excluding hydrogens is 292 g/mol. The molecule has 1 amide bonds. The summed E-state index contributed by atoms with van der Waals surface area (Å²) in [5.41, 5.74) is 0.768. The van der Waals surface area contributed by atoms with Gasteiger partial charge in [0, 0.05) is 32.4 Å². The van der Waals surface area contributed by atoms with E-state index in [4.69, 9.17) is 4.74 Å². The van der Waals surface area contributed by atoms with Crippen molar-refractivity contribution in [1.29, 1.82) is 0 Å². The normalized spacial score (nSPS) is 18.0. The van der Waals surface area contributed by atoms with Gasteiger partial charge in [0.2, 0.25) is 0 Å². The number of carbonyl (C=O) groups excluding carboxylic acids is 1. The van der Waals surface area contributed by atoms with Gasteiger partial charge in [-0.3, -0.25) is 4.68 Å². The first-order valence-electron chi connectivity index (χ1n) is 8.45. The SMILES string of the molecule is CC(NCC1CCN(C(=O)OC(C)(C)C)CC1)c1ccnn1C. The van der Waals surface area contributed by atoms with E-state index in [1.807, 2.05) is 49.7 Å². The fourth-order valence-electron chi connectivity index (χ4n) is 2.90. The van der Waals surface area contributed by atoms with E-state index in [1.54, 1.807) is 0 Å². The van der Waals surface area contributed by atoms with Crippen molar-refractivity contribution in [1.82, 2.24) is 20.0 Å². The Labute approximate surface area is 139 Å². The van der Waals surface area contributed by atoms with Gasteiger partial charge >= 0.3 is 6.09 Å². The number of amides is 1. The highest BCUT2D eigenvalue weighted by Crippen LogP contribution is 2.20. The quantitative estimate of drug-likeness (QED) is 0.926. The minimum atomic E-state index is -0.423. The molecule has 1 N–H and O–H groups in total. The molecule has 0 aliphatic carbocycles. The standard InChI is InChI=1S/C17H30N4O2/c1-13(15-6-9-19-20(15)5)18-12-14-7-10-21(11-8-14)16(22)23-17(2,3)4/h6,9,13-14,18H,7-8,10-12H2,1-5H3. The van der Waals surface area contributed by atoms with Gasteiger partial charge in [-0.2, -0.15) is 5.10 Å². The largest absolute Gasteiger partial charge is 0.444 e. The Morgan fingerprint density at radius 2 is 2.09 bits per heavy atom. The Morgan fingerprint density at radius 1 is 1.43 bits per heavy atom. The number of ether oxygens (including phenoxy) is 1. The van der Waals surface area contributed by atoms with Crippen LogP contribution in [0.1, 0.15) is 52.3 Å². The van der Waals surface area contributed by atoms with Crippen molar-refractivity contribution in [3.05, 3.63) is 18.0 Å². The van der Waals surface area contributed by atoms with E-state index in [0.29, 0.717) is 5.92 Å². The Bertz CT molecular complexity index is 513. The second-order valence-corrected chi connectivity index (χ2v) is 7.42. The highest BCUT2D eigenvalue weighted by molar-refractivity contribution is 5.68. The van der Waals surface area contributed by atoms with E-state index in [2.05, 4.69) is 17.3 Å². The summed E-state index contributed by atoms with van der Waals surface area (Å²) in [5, 5.41) is 7.79. The predicted molar refractivity (Wildman–Crippen MR) is 90.2 cm³/mol. The van der Waals surface area contributed by atoms with Crippen LogP contribution in [0.15, 0.2) is 12.3 Å². The lowest BCUT2D eigenvalue weighted by Gasteiger charge is -2.34. The van der Waals surface area contributed by atoms with Crippen LogP contribution in [0, 0.1) is 5.92 Å². The summed E-state index contributed by atoms with van der Waals surface area (Å²) in [6.07, 6.45) is 3.67. The van der Waals surface area contributed by atoms with Gasteiger partial charge in [-0.1, -0.05) is 0 Å². The lowest BCUT2D eigenvalue weighted by atomic mass is 9.96. The van der Waals surface area contributed by atoms with Crippen LogP contribution in [-0.2, 0) is 11.8 Å². The number of aryl methyl sites for hydroxylation is 1. The van der Waals surface area contributed by atoms with Gasteiger partial charge in [0.25, 0.3) is 0 Å². The van der Waals surface area contributed by atoms with Crippen LogP contribution in [0.3, 0.4) is 0 Å². The van der Waals surface area contributed by atoms with Crippen LogP contribution >= 0.6 is 0 Å². The van der Waals surface area contributed by atoms with Gasteiger partial charge in [-0.25, -0.2) is 4.79 Å². The third-order valence-corrected chi connectivity index (χ3v) is 4.28. The molecule has 1 aliphatic heterocycles. The van der Waals surface area contributed by atoms with E-state index in [-0.39, 0.29) is 12.1 Å². The zero-order valence-electron chi connectivity index (χ0n) is 15.0. The maximum atomic E-state index is 12.1. The van der Waals surface area contributed by atoms with Crippen molar-refractivity contribution >= 4 is 6.09 Å². The summed E-state index contributed by atoms with van der Waals surface area (Å²) < 4.78 is 7.34. The summed E-state index contributed by atoms with van der Waals surface area (Å²) in [6.45, 7) is 10.4. The number of aromatic nitrogens is 2. The summed E-state index contributed by atoms with van der Waals surface area (Å²) in [4.78, 5) is 13.9. The number of rotatable bonds is 4. The molecular formula is C17H30N4O2. The molecule has 0 bridgehead atoms. The van der Waals surface area contributed by atoms with Gasteiger partial charge in [0.15, 0.2) is 0 Å². The van der Waals surface area contributed by atoms with Crippen molar-refractivity contribution in [3.63, 3.8) is 0 Å². The predicted octanol–water partition coefficient (Wildman–Crippen LogP) is 2.72. The Balaban J connectivity index is 1.73. The minimum absolute atomic E-state index is 0.188. The molecule has 1 aromatic rings. The lowest BCUT2D eigenvalue weighted by molar-refractivity contribution is 0.0183. The van der Waals surface area contributed by atoms with Gasteiger partial charge in [0.05, 0.1) is 5.69 Å². The number of piperidine rings is 1. The molecule has 23 heavy (non-hydrogen) atoms. The zero-order chi connectivity index (χ0) is 17.0. The molecule has 1 aliphatic rings. The molecule has 2 rings (SSSR count). The molecule has 130 valence electrons. The number of nitrogens with zero attached hydrogens (tertiary/aromatic N) is 3. The molecule has 1 atom stereocenters. The lowest BCUT2D eigenvalue weighted by Crippen LogP contribution is -2.43. The van der Waals surface area contributed by atoms with Crippen molar-refractivity contribution in [3.8, 4) is 0 Å². The van der Waals surface area contributed by atoms with Crippen LogP contribution in [-0.4, -0.2) is 46.0 Å². The molecule has 0 aromatic carbocycles. The van der Waals surface area contributed by atoms with E-state index >= 15 is 0 Å². The average molecular weight is 322 g/mol. The maximum absolute atomic E-state index is 12.1. The van der Waals surface area contributed by atoms with Crippen LogP contribution in [0.4, 0.5) is 4.79 Å². The topological polar surface area (TPSA) is 59.4 Å². The molecule has 6 nitrogen and oxygen atoms in total. The summed E-state index contributed by atoms with van der Waals surface area (Å²) >= 11 is 0. The molecule has 1 aromatic heterocycles. The van der Waals surface area contributed by atoms with E-state index in [1.165, 1.54) is 5.69 Å². The molecule has 0 spiro atoms. The van der Waals surface area contributed by atoms with Gasteiger partial charge in [-0.05, 0) is 59.1 Å². The van der Waals surface area contributed by atoms with Crippen molar-refractivity contribution in [2.45, 2.75) is 52.2 Å². The molecule has 0 saturated carbocycles. The van der Waals surface area contributed by atoms with Crippen molar-refractivity contribution in [2.75, 3.05) is 19.6 Å². The highest BCUT2D eigenvalue weighted by atomic mass is 16.6. The van der Waals surface area contributed by atoms with E-state index in [0.717, 1.165) is 32.5 Å². The fourth-order valence-corrected chi connectivity index (χ4v) is 2.90. The van der Waals surface area contributed by atoms with Crippen LogP contribution < -0.4 is 5.32 Å². The Morgan fingerprint density at radius 3 is 2.61 bits per heavy atom. The first-order chi connectivity index (χ1) is 10.8. The van der Waals surface area contributed by atoms with Gasteiger partial charge in [-0.15, -0.1) is 0 Å². The van der Waals surface area contributed by atoms with Gasteiger partial charge < -0.3 is 15.0 Å². The second-order valence-electron chi connectivity index (χ2n) is 7.42. The molecule has 1 unspecified atom stereocenters. The van der Waals surface area contributed by atoms with Crippen LogP contribution in [0.2, 0.25) is 0 Å². The summed E-state index contributed by atoms with van der Waals surface area (Å²) in [5.74, 6) is 0.601. The van der Waals surface area contributed by atoms with Gasteiger partial charge in [0.1, 0.15) is 5.60 Å². The monoisotopic (exact) mass is 322 g/mol. The van der Waals surface area contributed by atoms with E-state index in [9.17, 15) is 4.79 Å². The minimum Gasteiger partial charge on any atom is -0.444 e. The molecule has 0 radical (unpaired) electrons. The molecule has 2 heterocycles. The Hall–Kier alpha value is -1.56. The first kappa shape index (κ1) is 17.8. The van der Waals surface area contributed by atoms with Crippen molar-refractivity contribution < 1.29 is 9.53 Å². The first-order valence-corrected chi connectivity index (χ1v) is 8.45. The third-order valence-electron chi connectivity index (χ3n) is 4.28. The van der Waals surface area contributed by atoms with Crippen LogP contribution in [0.25, 0.3) is 0 Å². The third kappa shape index (κ3) is 5.23. The number of nitrogens with one attached hydrogen (secondary N) is 1. The summed E-state index contributed by atoms with van der Waals surface area (Å²) in [7, 11) is 1.97. The summed E-state index contributed by atoms with van der Waals surface area (Å²) in [6, 6.07) is 2.33. The molecule has 6 heteroatoms. The average Bonchev–Trinajstić information content (AvgIpc) is 2.90. The molecule has 1 saturated heterocycles. The van der Waals surface area contributed by atoms with E-state index < -0.39 is 5.60 Å². The maximum Gasteiger partial charge on any atom is 0.410 e.